The maximum atomic E-state index is 13.1. The number of nitrogens with one attached hydrogen (secondary N) is 2. The van der Waals surface area contributed by atoms with E-state index in [1.54, 1.807) is 0 Å². The number of hydrogen-bond donors (Lipinski definition) is 2. The second-order valence-electron chi connectivity index (χ2n) is 8.39. The van der Waals surface area contributed by atoms with Crippen LogP contribution in [0.5, 0.6) is 0 Å². The molecule has 4 rings (SSSR count). The Morgan fingerprint density at radius 1 is 1.10 bits per heavy atom. The van der Waals surface area contributed by atoms with Crippen molar-refractivity contribution in [2.24, 2.45) is 0 Å². The van der Waals surface area contributed by atoms with Crippen LogP contribution in [0.1, 0.15) is 43.0 Å². The molecule has 0 aliphatic carbocycles. The molecule has 2 heterocycles. The van der Waals surface area contributed by atoms with E-state index < -0.39 is 0 Å². The van der Waals surface area contributed by atoms with E-state index in [-0.39, 0.29) is 18.0 Å². The first-order chi connectivity index (χ1) is 14.0. The van der Waals surface area contributed by atoms with Gasteiger partial charge in [-0.05, 0) is 55.5 Å². The van der Waals surface area contributed by atoms with Crippen LogP contribution >= 0.6 is 0 Å². The minimum absolute atomic E-state index is 0.163. The van der Waals surface area contributed by atoms with Gasteiger partial charge in [0.25, 0.3) is 0 Å². The first-order valence-electron chi connectivity index (χ1n) is 10.8. The van der Waals surface area contributed by atoms with Gasteiger partial charge in [0.2, 0.25) is 5.91 Å². The molecule has 154 valence electrons. The summed E-state index contributed by atoms with van der Waals surface area (Å²) in [5.74, 6) is 0.209. The van der Waals surface area contributed by atoms with Gasteiger partial charge < -0.3 is 9.80 Å². The molecule has 2 saturated heterocycles. The summed E-state index contributed by atoms with van der Waals surface area (Å²) >= 11 is 0. The number of piperazine rings is 1. The average Bonchev–Trinajstić information content (AvgIpc) is 3.23. The number of hydrogen-bond acceptors (Lipinski definition) is 4. The fraction of sp³-hybridized carbons (Fsp3) is 0.458. The van der Waals surface area contributed by atoms with Crippen molar-refractivity contribution in [2.45, 2.75) is 51.7 Å². The molecule has 2 aliphatic rings. The molecule has 1 amide bonds. The van der Waals surface area contributed by atoms with E-state index in [4.69, 9.17) is 0 Å². The quantitative estimate of drug-likeness (QED) is 0.839. The van der Waals surface area contributed by atoms with Crippen molar-refractivity contribution in [3.8, 4) is 0 Å². The van der Waals surface area contributed by atoms with Crippen molar-refractivity contribution in [1.29, 1.82) is 0 Å². The maximum absolute atomic E-state index is 13.1. The predicted molar refractivity (Wildman–Crippen MR) is 118 cm³/mol. The smallest absolute Gasteiger partial charge is 0.241 e. The lowest BCUT2D eigenvalue weighted by atomic mass is 9.99. The molecular formula is C24H32N4O. The summed E-state index contributed by atoms with van der Waals surface area (Å²) in [6, 6.07) is 17.7. The predicted octanol–water partition coefficient (Wildman–Crippen LogP) is 3.20. The maximum Gasteiger partial charge on any atom is 0.241 e. The van der Waals surface area contributed by atoms with Crippen LogP contribution in [0.3, 0.4) is 0 Å². The normalized spacial score (nSPS) is 24.7. The van der Waals surface area contributed by atoms with E-state index in [2.05, 4.69) is 85.1 Å². The van der Waals surface area contributed by atoms with Crippen LogP contribution < -0.4 is 15.8 Å². The molecular weight excluding hydrogens is 360 g/mol. The van der Waals surface area contributed by atoms with Crippen molar-refractivity contribution in [2.75, 3.05) is 24.5 Å². The summed E-state index contributed by atoms with van der Waals surface area (Å²) in [4.78, 5) is 17.6. The van der Waals surface area contributed by atoms with Crippen molar-refractivity contribution in [3.63, 3.8) is 0 Å². The zero-order chi connectivity index (χ0) is 20.4. The van der Waals surface area contributed by atoms with Crippen molar-refractivity contribution in [3.05, 3.63) is 65.2 Å². The molecule has 29 heavy (non-hydrogen) atoms. The monoisotopic (exact) mass is 392 g/mol. The molecule has 5 heteroatoms. The number of anilines is 1. The summed E-state index contributed by atoms with van der Waals surface area (Å²) in [6.45, 7) is 8.91. The molecule has 0 radical (unpaired) electrons. The van der Waals surface area contributed by atoms with Crippen LogP contribution in [0.25, 0.3) is 0 Å². The molecule has 5 nitrogen and oxygen atoms in total. The van der Waals surface area contributed by atoms with Crippen molar-refractivity contribution < 1.29 is 4.79 Å². The lowest BCUT2D eigenvalue weighted by molar-refractivity contribution is -0.134. The Labute approximate surface area is 174 Å². The molecule has 2 N–H and O–H groups in total. The Hall–Kier alpha value is -2.37. The highest BCUT2D eigenvalue weighted by Gasteiger charge is 2.35. The molecule has 3 unspecified atom stereocenters. The van der Waals surface area contributed by atoms with Crippen LogP contribution in [0.4, 0.5) is 5.69 Å². The number of aryl methyl sites for hydroxylation is 2. The molecule has 0 spiro atoms. The molecule has 0 aromatic heterocycles. The summed E-state index contributed by atoms with van der Waals surface area (Å²) in [6.07, 6.45) is 1.83. The second kappa shape index (κ2) is 8.56. The van der Waals surface area contributed by atoms with Crippen LogP contribution in [-0.2, 0) is 11.2 Å². The third-order valence-electron chi connectivity index (χ3n) is 6.26. The SMILES string of the molecule is CCc1ccc(C2CC(C(=O)N3CCN(c4cccc(C)c4)C(C)C3)NN2)cc1. The highest BCUT2D eigenvalue weighted by atomic mass is 16.2. The summed E-state index contributed by atoms with van der Waals surface area (Å²) in [5, 5.41) is 0. The molecule has 2 fully saturated rings. The molecule has 0 saturated carbocycles. The van der Waals surface area contributed by atoms with Crippen LogP contribution in [0.15, 0.2) is 48.5 Å². The topological polar surface area (TPSA) is 47.6 Å². The van der Waals surface area contributed by atoms with E-state index >= 15 is 0 Å². The van der Waals surface area contributed by atoms with Crippen LogP contribution in [0, 0.1) is 6.92 Å². The summed E-state index contributed by atoms with van der Waals surface area (Å²) in [5.41, 5.74) is 11.7. The molecule has 2 aromatic carbocycles. The number of rotatable bonds is 4. The van der Waals surface area contributed by atoms with E-state index in [1.165, 1.54) is 22.4 Å². The second-order valence-corrected chi connectivity index (χ2v) is 8.39. The van der Waals surface area contributed by atoms with Gasteiger partial charge >= 0.3 is 0 Å². The van der Waals surface area contributed by atoms with Crippen LogP contribution in [-0.4, -0.2) is 42.5 Å². The van der Waals surface area contributed by atoms with Crippen molar-refractivity contribution in [1.82, 2.24) is 15.8 Å². The van der Waals surface area contributed by atoms with E-state index in [1.807, 2.05) is 4.90 Å². The van der Waals surface area contributed by atoms with Gasteiger partial charge in [-0.3, -0.25) is 4.79 Å². The van der Waals surface area contributed by atoms with Gasteiger partial charge in [0, 0.05) is 37.4 Å². The van der Waals surface area contributed by atoms with E-state index in [0.717, 1.165) is 32.5 Å². The zero-order valence-electron chi connectivity index (χ0n) is 17.7. The fourth-order valence-electron chi connectivity index (χ4n) is 4.49. The van der Waals surface area contributed by atoms with Gasteiger partial charge in [-0.15, -0.1) is 0 Å². The Morgan fingerprint density at radius 2 is 1.90 bits per heavy atom. The Balaban J connectivity index is 1.35. The number of carbonyl (C=O) groups is 1. The molecule has 2 aliphatic heterocycles. The first-order valence-corrected chi connectivity index (χ1v) is 10.8. The number of amides is 1. The zero-order valence-corrected chi connectivity index (χ0v) is 17.7. The molecule has 3 atom stereocenters. The number of hydrazine groups is 1. The highest BCUT2D eigenvalue weighted by Crippen LogP contribution is 2.26. The number of carbonyl (C=O) groups excluding carboxylic acids is 1. The van der Waals surface area contributed by atoms with E-state index in [9.17, 15) is 4.79 Å². The Kier molecular flexibility index (Phi) is 5.88. The van der Waals surface area contributed by atoms with Gasteiger partial charge in [0.1, 0.15) is 6.04 Å². The number of benzene rings is 2. The third-order valence-corrected chi connectivity index (χ3v) is 6.26. The van der Waals surface area contributed by atoms with E-state index in [0.29, 0.717) is 6.04 Å². The average molecular weight is 393 g/mol. The largest absolute Gasteiger partial charge is 0.365 e. The van der Waals surface area contributed by atoms with Crippen molar-refractivity contribution >= 4 is 11.6 Å². The highest BCUT2D eigenvalue weighted by molar-refractivity contribution is 5.82. The minimum atomic E-state index is -0.163. The van der Waals surface area contributed by atoms with Gasteiger partial charge in [0.15, 0.2) is 0 Å². The molecule has 0 bridgehead atoms. The first kappa shape index (κ1) is 19.9. The number of nitrogens with zero attached hydrogens (tertiary/aromatic N) is 2. The van der Waals surface area contributed by atoms with Gasteiger partial charge in [-0.2, -0.15) is 0 Å². The van der Waals surface area contributed by atoms with Gasteiger partial charge in [-0.1, -0.05) is 43.3 Å². The Bertz CT molecular complexity index is 850. The summed E-state index contributed by atoms with van der Waals surface area (Å²) in [7, 11) is 0. The Morgan fingerprint density at radius 3 is 2.59 bits per heavy atom. The lowest BCUT2D eigenvalue weighted by Gasteiger charge is -2.42. The fourth-order valence-corrected chi connectivity index (χ4v) is 4.49. The standard InChI is InChI=1S/C24H32N4O/c1-4-19-8-10-20(11-9-19)22-15-23(26-25-22)24(29)27-12-13-28(18(3)16-27)21-7-5-6-17(2)14-21/h5-11,14,18,22-23,25-26H,4,12-13,15-16H2,1-3H3. The van der Waals surface area contributed by atoms with Gasteiger partial charge in [-0.25, -0.2) is 10.9 Å². The third kappa shape index (κ3) is 4.31. The van der Waals surface area contributed by atoms with Crippen LogP contribution in [0.2, 0.25) is 0 Å². The lowest BCUT2D eigenvalue weighted by Crippen LogP contribution is -2.57. The minimum Gasteiger partial charge on any atom is -0.365 e. The van der Waals surface area contributed by atoms with Gasteiger partial charge in [0.05, 0.1) is 0 Å². The summed E-state index contributed by atoms with van der Waals surface area (Å²) < 4.78 is 0. The molecule has 2 aromatic rings.